The van der Waals surface area contributed by atoms with E-state index in [9.17, 15) is 19.2 Å². The maximum absolute atomic E-state index is 12.5. The molecule has 2 amide bonds. The van der Waals surface area contributed by atoms with E-state index >= 15 is 0 Å². The first kappa shape index (κ1) is 31.8. The summed E-state index contributed by atoms with van der Waals surface area (Å²) in [4.78, 5) is 51.3. The fourth-order valence-corrected chi connectivity index (χ4v) is 2.61. The molecule has 0 radical (unpaired) electrons. The van der Waals surface area contributed by atoms with E-state index in [4.69, 9.17) is 30.2 Å². The van der Waals surface area contributed by atoms with Crippen molar-refractivity contribution in [3.05, 3.63) is 10.4 Å². The van der Waals surface area contributed by atoms with Crippen molar-refractivity contribution in [2.45, 2.75) is 96.7 Å². The van der Waals surface area contributed by atoms with Gasteiger partial charge in [-0.05, 0) is 59.9 Å². The Bertz CT molecular complexity index is 786. The molecule has 200 valence electrons. The number of rotatable bonds is 11. The van der Waals surface area contributed by atoms with Gasteiger partial charge in [0.1, 0.15) is 23.3 Å². The standard InChI is InChI=1S/C21H38N6O8/c1-12(26-27-23)14(24-18(30)34-20(2,3)4)17(29)33-11-9-10-13(22)15(16(28)32-8)25-19(31)35-21(5,6)7/h12-15H,9-11,22H2,1-8H3,(H,24,30)(H,25,31)/t12-,13-,14+,15+/m1/s1. The molecule has 0 saturated heterocycles. The van der Waals surface area contributed by atoms with Gasteiger partial charge < -0.3 is 35.3 Å². The van der Waals surface area contributed by atoms with Crippen LogP contribution in [0.25, 0.3) is 10.4 Å². The van der Waals surface area contributed by atoms with Gasteiger partial charge in [0.15, 0.2) is 0 Å². The van der Waals surface area contributed by atoms with Gasteiger partial charge in [-0.15, -0.1) is 0 Å². The van der Waals surface area contributed by atoms with Crippen LogP contribution in [0.4, 0.5) is 9.59 Å². The first-order chi connectivity index (χ1) is 16.0. The van der Waals surface area contributed by atoms with Crippen LogP contribution >= 0.6 is 0 Å². The SMILES string of the molecule is COC(=O)[C@@H](NC(=O)OC(C)(C)C)[C@H](N)CCCOC(=O)[C@@H](NC(=O)OC(C)(C)C)[C@@H](C)N=[N+]=[N-]. The van der Waals surface area contributed by atoms with Gasteiger partial charge in [-0.2, -0.15) is 0 Å². The minimum Gasteiger partial charge on any atom is -0.467 e. The van der Waals surface area contributed by atoms with Crippen molar-refractivity contribution in [3.63, 3.8) is 0 Å². The van der Waals surface area contributed by atoms with Crippen molar-refractivity contribution in [1.29, 1.82) is 0 Å². The monoisotopic (exact) mass is 502 g/mol. The van der Waals surface area contributed by atoms with E-state index in [1.807, 2.05) is 0 Å². The quantitative estimate of drug-likeness (QED) is 0.0945. The summed E-state index contributed by atoms with van der Waals surface area (Å²) < 4.78 is 20.2. The zero-order valence-electron chi connectivity index (χ0n) is 21.6. The average Bonchev–Trinajstić information content (AvgIpc) is 2.70. The van der Waals surface area contributed by atoms with Crippen LogP contribution in [0.3, 0.4) is 0 Å². The summed E-state index contributed by atoms with van der Waals surface area (Å²) in [5, 5.41) is 8.17. The molecule has 0 aromatic heterocycles. The maximum atomic E-state index is 12.5. The van der Waals surface area contributed by atoms with Crippen LogP contribution in [0.15, 0.2) is 5.11 Å². The van der Waals surface area contributed by atoms with Crippen LogP contribution in [0.5, 0.6) is 0 Å². The third-order valence-corrected chi connectivity index (χ3v) is 4.12. The maximum Gasteiger partial charge on any atom is 0.408 e. The first-order valence-corrected chi connectivity index (χ1v) is 11.0. The summed E-state index contributed by atoms with van der Waals surface area (Å²) >= 11 is 0. The van der Waals surface area contributed by atoms with Crippen LogP contribution in [0.1, 0.15) is 61.3 Å². The van der Waals surface area contributed by atoms with Crippen molar-refractivity contribution < 1.29 is 38.1 Å². The molecule has 0 aromatic rings. The number of ether oxygens (including phenoxy) is 4. The van der Waals surface area contributed by atoms with Crippen LogP contribution in [-0.2, 0) is 28.5 Å². The van der Waals surface area contributed by atoms with Crippen molar-refractivity contribution in [1.82, 2.24) is 10.6 Å². The number of carbonyl (C=O) groups is 4. The lowest BCUT2D eigenvalue weighted by atomic mass is 10.0. The molecule has 14 heteroatoms. The number of azide groups is 1. The molecule has 0 fully saturated rings. The summed E-state index contributed by atoms with van der Waals surface area (Å²) in [7, 11) is 1.16. The zero-order chi connectivity index (χ0) is 27.4. The number of methoxy groups -OCH3 is 1. The molecular formula is C21H38N6O8. The summed E-state index contributed by atoms with van der Waals surface area (Å²) in [6.45, 7) is 11.3. The predicted octanol–water partition coefficient (Wildman–Crippen LogP) is 2.30. The van der Waals surface area contributed by atoms with Crippen molar-refractivity contribution in [3.8, 4) is 0 Å². The zero-order valence-corrected chi connectivity index (χ0v) is 21.6. The van der Waals surface area contributed by atoms with E-state index in [2.05, 4.69) is 20.7 Å². The van der Waals surface area contributed by atoms with Gasteiger partial charge in [-0.3, -0.25) is 0 Å². The number of amides is 2. The molecule has 35 heavy (non-hydrogen) atoms. The van der Waals surface area contributed by atoms with E-state index in [1.54, 1.807) is 41.5 Å². The number of carbonyl (C=O) groups excluding carboxylic acids is 4. The molecule has 14 nitrogen and oxygen atoms in total. The molecule has 0 heterocycles. The molecule has 0 aliphatic rings. The second kappa shape index (κ2) is 14.2. The van der Waals surface area contributed by atoms with Crippen molar-refractivity contribution in [2.75, 3.05) is 13.7 Å². The summed E-state index contributed by atoms with van der Waals surface area (Å²) in [5.41, 5.74) is 13.1. The van der Waals surface area contributed by atoms with Gasteiger partial charge in [0.25, 0.3) is 0 Å². The Morgan fingerprint density at radius 1 is 0.943 bits per heavy atom. The summed E-state index contributed by atoms with van der Waals surface area (Å²) in [5.74, 6) is -1.61. The lowest BCUT2D eigenvalue weighted by Gasteiger charge is -2.26. The Kier molecular flexibility index (Phi) is 12.9. The predicted molar refractivity (Wildman–Crippen MR) is 125 cm³/mol. The third kappa shape index (κ3) is 13.9. The van der Waals surface area contributed by atoms with E-state index in [1.165, 1.54) is 6.92 Å². The lowest BCUT2D eigenvalue weighted by molar-refractivity contribution is -0.147. The first-order valence-electron chi connectivity index (χ1n) is 11.0. The Hall–Kier alpha value is -3.25. The van der Waals surface area contributed by atoms with E-state index < -0.39 is 59.5 Å². The molecule has 0 bridgehead atoms. The molecule has 0 saturated carbocycles. The molecule has 0 aliphatic heterocycles. The molecule has 0 unspecified atom stereocenters. The van der Waals surface area contributed by atoms with Crippen LogP contribution in [-0.4, -0.2) is 73.2 Å². The molecule has 4 atom stereocenters. The fourth-order valence-electron chi connectivity index (χ4n) is 2.61. The fraction of sp³-hybridized carbons (Fsp3) is 0.810. The summed E-state index contributed by atoms with van der Waals surface area (Å²) in [6, 6.07) is -4.29. The van der Waals surface area contributed by atoms with Crippen LogP contribution in [0, 0.1) is 0 Å². The average molecular weight is 503 g/mol. The highest BCUT2D eigenvalue weighted by Gasteiger charge is 2.32. The van der Waals surface area contributed by atoms with E-state index in [-0.39, 0.29) is 19.4 Å². The number of nitrogens with zero attached hydrogens (tertiary/aromatic N) is 3. The van der Waals surface area contributed by atoms with Crippen LogP contribution in [0.2, 0.25) is 0 Å². The molecule has 0 aliphatic carbocycles. The highest BCUT2D eigenvalue weighted by Crippen LogP contribution is 2.11. The number of nitrogens with one attached hydrogen (secondary N) is 2. The van der Waals surface area contributed by atoms with E-state index in [0.717, 1.165) is 7.11 Å². The number of hydrogen-bond donors (Lipinski definition) is 3. The molecule has 0 spiro atoms. The van der Waals surface area contributed by atoms with E-state index in [0.29, 0.717) is 0 Å². The van der Waals surface area contributed by atoms with Gasteiger partial charge >= 0.3 is 24.1 Å². The Morgan fingerprint density at radius 3 is 1.86 bits per heavy atom. The number of nitrogens with two attached hydrogens (primary N) is 1. The van der Waals surface area contributed by atoms with Crippen LogP contribution < -0.4 is 16.4 Å². The second-order valence-electron chi connectivity index (χ2n) is 9.69. The smallest absolute Gasteiger partial charge is 0.408 e. The highest BCUT2D eigenvalue weighted by molar-refractivity contribution is 5.83. The number of esters is 2. The third-order valence-electron chi connectivity index (χ3n) is 4.12. The van der Waals surface area contributed by atoms with Gasteiger partial charge in [0, 0.05) is 11.0 Å². The van der Waals surface area contributed by atoms with Crippen molar-refractivity contribution >= 4 is 24.1 Å². The topological polar surface area (TPSA) is 204 Å². The van der Waals surface area contributed by atoms with Gasteiger partial charge in [-0.25, -0.2) is 19.2 Å². The largest absolute Gasteiger partial charge is 0.467 e. The summed E-state index contributed by atoms with van der Waals surface area (Å²) in [6.07, 6.45) is -1.34. The lowest BCUT2D eigenvalue weighted by Crippen LogP contribution is -2.54. The molecule has 4 N–H and O–H groups in total. The normalized spacial score (nSPS) is 14.8. The van der Waals surface area contributed by atoms with Crippen molar-refractivity contribution in [2.24, 2.45) is 10.8 Å². The Balaban J connectivity index is 4.99. The molecule has 0 rings (SSSR count). The van der Waals surface area contributed by atoms with Gasteiger partial charge in [0.2, 0.25) is 0 Å². The molecular weight excluding hydrogens is 464 g/mol. The van der Waals surface area contributed by atoms with Gasteiger partial charge in [-0.1, -0.05) is 12.0 Å². The minimum absolute atomic E-state index is 0.123. The number of hydrogen-bond acceptors (Lipinski definition) is 10. The number of alkyl carbamates (subject to hydrolysis) is 2. The van der Waals surface area contributed by atoms with Gasteiger partial charge in [0.05, 0.1) is 19.8 Å². The minimum atomic E-state index is -1.29. The Morgan fingerprint density at radius 2 is 1.43 bits per heavy atom. The second-order valence-corrected chi connectivity index (χ2v) is 9.69. The Labute approximate surface area is 205 Å². The molecule has 0 aromatic carbocycles. The highest BCUT2D eigenvalue weighted by atomic mass is 16.6.